The molecule has 164 valence electrons. The fourth-order valence-corrected chi connectivity index (χ4v) is 6.58. The fraction of sp³-hybridized carbons (Fsp3) is 0.600. The molecule has 4 aliphatic rings. The van der Waals surface area contributed by atoms with Gasteiger partial charge in [0.05, 0.1) is 5.69 Å². The lowest BCUT2D eigenvalue weighted by Gasteiger charge is -2.50. The Bertz CT molecular complexity index is 1150. The molecule has 3 aromatic rings. The average Bonchev–Trinajstić information content (AvgIpc) is 3.28. The predicted octanol–water partition coefficient (Wildman–Crippen LogP) is 3.86. The first-order valence-electron chi connectivity index (χ1n) is 11.9. The number of anilines is 1. The largest absolute Gasteiger partial charge is 0.366 e. The first kappa shape index (κ1) is 19.4. The molecular formula is C25H34N6. The van der Waals surface area contributed by atoms with Crippen LogP contribution < -0.4 is 10.6 Å². The topological polar surface area (TPSA) is 64.9 Å². The van der Waals surface area contributed by atoms with E-state index in [1.165, 1.54) is 60.1 Å². The number of fused-ring (bicyclic) bond motifs is 5. The first-order valence-corrected chi connectivity index (χ1v) is 11.9. The van der Waals surface area contributed by atoms with Crippen LogP contribution in [0.1, 0.15) is 54.7 Å². The van der Waals surface area contributed by atoms with E-state index in [9.17, 15) is 0 Å². The molecule has 1 unspecified atom stereocenters. The van der Waals surface area contributed by atoms with Crippen LogP contribution in [-0.4, -0.2) is 31.4 Å². The fourth-order valence-electron chi connectivity index (χ4n) is 6.58. The minimum absolute atomic E-state index is 0.0374. The predicted molar refractivity (Wildman–Crippen MR) is 124 cm³/mol. The molecule has 0 spiro atoms. The third kappa shape index (κ3) is 3.02. The van der Waals surface area contributed by atoms with Crippen molar-refractivity contribution >= 4 is 16.7 Å². The lowest BCUT2D eigenvalue weighted by atomic mass is 9.60. The molecule has 31 heavy (non-hydrogen) atoms. The van der Waals surface area contributed by atoms with Crippen LogP contribution in [0.3, 0.4) is 0 Å². The van der Waals surface area contributed by atoms with Gasteiger partial charge in [0.25, 0.3) is 0 Å². The van der Waals surface area contributed by atoms with Crippen molar-refractivity contribution in [3.05, 3.63) is 41.0 Å². The third-order valence-corrected chi connectivity index (χ3v) is 8.48. The van der Waals surface area contributed by atoms with Crippen molar-refractivity contribution in [2.45, 2.75) is 71.0 Å². The van der Waals surface area contributed by atoms with Gasteiger partial charge in [-0.25, -0.2) is 4.98 Å². The quantitative estimate of drug-likeness (QED) is 0.702. The van der Waals surface area contributed by atoms with Crippen molar-refractivity contribution in [3.8, 4) is 0 Å². The van der Waals surface area contributed by atoms with Gasteiger partial charge in [-0.15, -0.1) is 0 Å². The number of aromatic nitrogens is 4. The van der Waals surface area contributed by atoms with E-state index in [2.05, 4.69) is 53.4 Å². The molecule has 4 heterocycles. The number of pyridine rings is 1. The van der Waals surface area contributed by atoms with E-state index in [-0.39, 0.29) is 5.54 Å². The Morgan fingerprint density at radius 1 is 1.23 bits per heavy atom. The second-order valence-corrected chi connectivity index (χ2v) is 10.4. The van der Waals surface area contributed by atoms with Crippen molar-refractivity contribution in [3.63, 3.8) is 0 Å². The molecule has 3 aliphatic carbocycles. The Morgan fingerprint density at radius 3 is 2.81 bits per heavy atom. The highest BCUT2D eigenvalue weighted by Crippen LogP contribution is 2.47. The standard InChI is InChI=1S/C25H34N6/c1-16-12-23(20-6-10-29(3)24(20)27-16)30-11-7-22-21(15-30)17(2)28-31(22)14-19-13-18-4-8-25(19,26)9-5-18/h6,10,12,18-19H,4-5,7-9,11,13-15,26H2,1-3H3. The van der Waals surface area contributed by atoms with E-state index in [0.29, 0.717) is 5.92 Å². The van der Waals surface area contributed by atoms with Gasteiger partial charge < -0.3 is 15.2 Å². The number of rotatable bonds is 3. The van der Waals surface area contributed by atoms with Gasteiger partial charge in [-0.05, 0) is 69.9 Å². The maximum Gasteiger partial charge on any atom is 0.141 e. The summed E-state index contributed by atoms with van der Waals surface area (Å²) in [6.45, 7) is 7.22. The summed E-state index contributed by atoms with van der Waals surface area (Å²) in [5, 5.41) is 6.27. The van der Waals surface area contributed by atoms with Gasteiger partial charge in [0.2, 0.25) is 0 Å². The first-order chi connectivity index (χ1) is 14.9. The summed E-state index contributed by atoms with van der Waals surface area (Å²) in [7, 11) is 2.07. The normalized spacial score (nSPS) is 27.8. The van der Waals surface area contributed by atoms with E-state index < -0.39 is 0 Å². The molecule has 2 bridgehead atoms. The van der Waals surface area contributed by atoms with Gasteiger partial charge in [0.15, 0.2) is 0 Å². The molecule has 6 nitrogen and oxygen atoms in total. The Kier molecular flexibility index (Phi) is 4.26. The van der Waals surface area contributed by atoms with E-state index in [4.69, 9.17) is 15.8 Å². The van der Waals surface area contributed by atoms with Crippen molar-refractivity contribution < 1.29 is 0 Å². The second kappa shape index (κ2) is 6.83. The SMILES string of the molecule is Cc1cc(N2CCc3c(c(C)nn3CC3CC4CCC3(N)CC4)C2)c2ccn(C)c2n1. The smallest absolute Gasteiger partial charge is 0.141 e. The van der Waals surface area contributed by atoms with Crippen LogP contribution in [0.5, 0.6) is 0 Å². The van der Waals surface area contributed by atoms with Crippen molar-refractivity contribution in [2.75, 3.05) is 11.4 Å². The minimum atomic E-state index is 0.0374. The van der Waals surface area contributed by atoms with Gasteiger partial charge in [-0.3, -0.25) is 4.68 Å². The van der Waals surface area contributed by atoms with Gasteiger partial charge in [-0.1, -0.05) is 0 Å². The summed E-state index contributed by atoms with van der Waals surface area (Å²) >= 11 is 0. The monoisotopic (exact) mass is 418 g/mol. The van der Waals surface area contributed by atoms with E-state index >= 15 is 0 Å². The zero-order valence-corrected chi connectivity index (χ0v) is 19.1. The Balaban J connectivity index is 1.30. The Labute approximate surface area is 184 Å². The van der Waals surface area contributed by atoms with Crippen LogP contribution >= 0.6 is 0 Å². The van der Waals surface area contributed by atoms with Crippen molar-refractivity contribution in [1.29, 1.82) is 0 Å². The average molecular weight is 419 g/mol. The van der Waals surface area contributed by atoms with E-state index in [0.717, 1.165) is 43.3 Å². The van der Waals surface area contributed by atoms with Crippen LogP contribution in [-0.2, 0) is 26.6 Å². The van der Waals surface area contributed by atoms with Crippen LogP contribution in [0.2, 0.25) is 0 Å². The number of aryl methyl sites for hydroxylation is 3. The Morgan fingerprint density at radius 2 is 2.03 bits per heavy atom. The highest BCUT2D eigenvalue weighted by atomic mass is 15.3. The van der Waals surface area contributed by atoms with Crippen LogP contribution in [0.25, 0.3) is 11.0 Å². The zero-order valence-electron chi connectivity index (χ0n) is 19.1. The molecule has 0 radical (unpaired) electrons. The minimum Gasteiger partial charge on any atom is -0.366 e. The Hall–Kier alpha value is -2.34. The lowest BCUT2D eigenvalue weighted by Crippen LogP contribution is -2.56. The molecule has 1 atom stereocenters. The van der Waals surface area contributed by atoms with Crippen LogP contribution in [0.15, 0.2) is 18.3 Å². The summed E-state index contributed by atoms with van der Waals surface area (Å²) in [6, 6.07) is 4.44. The molecule has 0 amide bonds. The van der Waals surface area contributed by atoms with E-state index in [1.54, 1.807) is 0 Å². The number of nitrogens with zero attached hydrogens (tertiary/aromatic N) is 5. The molecule has 7 rings (SSSR count). The van der Waals surface area contributed by atoms with E-state index in [1.807, 2.05) is 0 Å². The molecule has 1 aliphatic heterocycles. The zero-order chi connectivity index (χ0) is 21.3. The molecule has 6 heteroatoms. The summed E-state index contributed by atoms with van der Waals surface area (Å²) in [6.07, 6.45) is 9.51. The summed E-state index contributed by atoms with van der Waals surface area (Å²) in [4.78, 5) is 7.27. The maximum atomic E-state index is 6.88. The van der Waals surface area contributed by atoms with Crippen LogP contribution in [0.4, 0.5) is 5.69 Å². The maximum absolute atomic E-state index is 6.88. The molecule has 3 fully saturated rings. The third-order valence-electron chi connectivity index (χ3n) is 8.48. The number of hydrogen-bond donors (Lipinski definition) is 1. The van der Waals surface area contributed by atoms with Gasteiger partial charge in [0.1, 0.15) is 5.65 Å². The van der Waals surface area contributed by atoms with Crippen molar-refractivity contribution in [1.82, 2.24) is 19.3 Å². The number of nitrogens with two attached hydrogens (primary N) is 1. The number of hydrogen-bond acceptors (Lipinski definition) is 4. The molecule has 0 saturated heterocycles. The lowest BCUT2D eigenvalue weighted by molar-refractivity contribution is 0.0541. The summed E-state index contributed by atoms with van der Waals surface area (Å²) in [5.41, 5.74) is 14.4. The molecule has 3 saturated carbocycles. The highest BCUT2D eigenvalue weighted by Gasteiger charge is 2.45. The van der Waals surface area contributed by atoms with Gasteiger partial charge in [-0.2, -0.15) is 5.10 Å². The molecule has 3 aromatic heterocycles. The molecule has 0 aromatic carbocycles. The van der Waals surface area contributed by atoms with Gasteiger partial charge >= 0.3 is 0 Å². The summed E-state index contributed by atoms with van der Waals surface area (Å²) in [5.74, 6) is 1.47. The summed E-state index contributed by atoms with van der Waals surface area (Å²) < 4.78 is 4.45. The molecule has 2 N–H and O–H groups in total. The van der Waals surface area contributed by atoms with Crippen LogP contribution in [0, 0.1) is 25.7 Å². The van der Waals surface area contributed by atoms with Gasteiger partial charge in [0, 0.05) is 72.9 Å². The highest BCUT2D eigenvalue weighted by molar-refractivity contribution is 5.90. The van der Waals surface area contributed by atoms with Crippen molar-refractivity contribution in [2.24, 2.45) is 24.6 Å². The molecular weight excluding hydrogens is 384 g/mol. The second-order valence-electron chi connectivity index (χ2n) is 10.4.